The van der Waals surface area contributed by atoms with Crippen LogP contribution in [0.1, 0.15) is 5.56 Å². The maximum absolute atomic E-state index is 13.4. The maximum atomic E-state index is 13.4. The van der Waals surface area contributed by atoms with Crippen LogP contribution >= 0.6 is 0 Å². The van der Waals surface area contributed by atoms with Crippen LogP contribution < -0.4 is 0 Å². The highest BCUT2D eigenvalue weighted by atomic mass is 28.3. The summed E-state index contributed by atoms with van der Waals surface area (Å²) in [5.74, 6) is -3.47. The highest BCUT2D eigenvalue weighted by Gasteiger charge is 2.42. The molecule has 1 aromatic carbocycles. The van der Waals surface area contributed by atoms with E-state index in [4.69, 9.17) is 9.84 Å². The molecular weight excluding hydrogens is 345 g/mol. The fourth-order valence-corrected chi connectivity index (χ4v) is 4.89. The minimum atomic E-state index is -1.85. The lowest BCUT2D eigenvalue weighted by atomic mass is 9.95. The SMILES string of the molecule is C[Si](C)(C)CC(Cn1cncn1)(OC(=O)C(=O)O)c1ccc(F)cc1. The van der Waals surface area contributed by atoms with Gasteiger partial charge in [0.1, 0.15) is 18.5 Å². The molecule has 0 saturated carbocycles. The van der Waals surface area contributed by atoms with E-state index in [1.54, 1.807) is 0 Å². The van der Waals surface area contributed by atoms with E-state index in [1.165, 1.54) is 41.6 Å². The van der Waals surface area contributed by atoms with Crippen molar-refractivity contribution in [3.8, 4) is 0 Å². The summed E-state index contributed by atoms with van der Waals surface area (Å²) in [7, 11) is -1.85. The molecule has 0 fully saturated rings. The molecular formula is C16H20FN3O4Si. The number of carboxylic acid groups (broad SMARTS) is 1. The number of carbonyl (C=O) groups is 2. The molecule has 7 nitrogen and oxygen atoms in total. The molecule has 0 saturated heterocycles. The normalized spacial score (nSPS) is 13.9. The first-order valence-electron chi connectivity index (χ1n) is 7.66. The summed E-state index contributed by atoms with van der Waals surface area (Å²) in [4.78, 5) is 26.8. The maximum Gasteiger partial charge on any atom is 0.418 e. The molecule has 25 heavy (non-hydrogen) atoms. The van der Waals surface area contributed by atoms with Crippen molar-refractivity contribution >= 4 is 20.0 Å². The molecule has 0 aliphatic carbocycles. The minimum Gasteiger partial charge on any atom is -0.473 e. The number of hydrogen-bond acceptors (Lipinski definition) is 5. The van der Waals surface area contributed by atoms with Crippen LogP contribution in [0.25, 0.3) is 0 Å². The van der Waals surface area contributed by atoms with Gasteiger partial charge in [0.15, 0.2) is 5.60 Å². The van der Waals surface area contributed by atoms with Gasteiger partial charge in [-0.25, -0.2) is 23.6 Å². The van der Waals surface area contributed by atoms with Gasteiger partial charge in [0.25, 0.3) is 0 Å². The highest BCUT2D eigenvalue weighted by Crippen LogP contribution is 2.37. The van der Waals surface area contributed by atoms with Crippen molar-refractivity contribution in [2.75, 3.05) is 0 Å². The Hall–Kier alpha value is -2.55. The van der Waals surface area contributed by atoms with Gasteiger partial charge in [-0.1, -0.05) is 31.8 Å². The zero-order chi connectivity index (χ0) is 18.7. The smallest absolute Gasteiger partial charge is 0.418 e. The standard InChI is InChI=1S/C16H20FN3O4Si/c1-25(2,3)9-16(24-15(23)14(21)22,8-20-11-18-10-19-20)12-4-6-13(17)7-5-12/h4-7,10-11H,8-9H2,1-3H3,(H,21,22). The van der Waals surface area contributed by atoms with Crippen LogP contribution in [0.5, 0.6) is 0 Å². The molecule has 2 rings (SSSR count). The molecule has 1 N–H and O–H groups in total. The summed E-state index contributed by atoms with van der Waals surface area (Å²) in [6.07, 6.45) is 2.79. The first-order chi connectivity index (χ1) is 11.6. The van der Waals surface area contributed by atoms with Gasteiger partial charge in [-0.2, -0.15) is 5.10 Å². The number of nitrogens with zero attached hydrogens (tertiary/aromatic N) is 3. The van der Waals surface area contributed by atoms with E-state index in [2.05, 4.69) is 29.7 Å². The largest absolute Gasteiger partial charge is 0.473 e. The molecule has 1 atom stereocenters. The number of aliphatic carboxylic acids is 1. The molecule has 1 unspecified atom stereocenters. The third kappa shape index (κ3) is 4.96. The van der Waals surface area contributed by atoms with Gasteiger partial charge < -0.3 is 9.84 Å². The Morgan fingerprint density at radius 2 is 1.92 bits per heavy atom. The van der Waals surface area contributed by atoms with Crippen molar-refractivity contribution in [1.82, 2.24) is 14.8 Å². The number of esters is 1. The second kappa shape index (κ2) is 7.14. The zero-order valence-corrected chi connectivity index (χ0v) is 15.3. The van der Waals surface area contributed by atoms with Crippen molar-refractivity contribution in [1.29, 1.82) is 0 Å². The molecule has 1 aromatic heterocycles. The van der Waals surface area contributed by atoms with Gasteiger partial charge >= 0.3 is 11.9 Å². The molecule has 1 heterocycles. The Bertz CT molecular complexity index is 744. The average Bonchev–Trinajstić information content (AvgIpc) is 2.98. The first kappa shape index (κ1) is 18.8. The van der Waals surface area contributed by atoms with Gasteiger partial charge in [-0.15, -0.1) is 0 Å². The topological polar surface area (TPSA) is 94.3 Å². The number of halogens is 1. The van der Waals surface area contributed by atoms with Gasteiger partial charge in [0.2, 0.25) is 0 Å². The van der Waals surface area contributed by atoms with E-state index in [9.17, 15) is 14.0 Å². The van der Waals surface area contributed by atoms with E-state index in [-0.39, 0.29) is 6.54 Å². The molecule has 0 spiro atoms. The summed E-state index contributed by atoms with van der Waals surface area (Å²) >= 11 is 0. The third-order valence-electron chi connectivity index (χ3n) is 3.53. The molecule has 0 bridgehead atoms. The van der Waals surface area contributed by atoms with Crippen molar-refractivity contribution in [2.45, 2.75) is 37.8 Å². The van der Waals surface area contributed by atoms with Crippen molar-refractivity contribution < 1.29 is 23.8 Å². The van der Waals surface area contributed by atoms with Gasteiger partial charge in [0.05, 0.1) is 6.54 Å². The second-order valence-corrected chi connectivity index (χ2v) is 12.5. The lowest BCUT2D eigenvalue weighted by Crippen LogP contribution is -2.44. The summed E-state index contributed by atoms with van der Waals surface area (Å²) in [6.45, 7) is 6.30. The number of benzene rings is 1. The molecule has 0 aliphatic heterocycles. The van der Waals surface area contributed by atoms with Crippen LogP contribution in [0.3, 0.4) is 0 Å². The number of carboxylic acids is 1. The minimum absolute atomic E-state index is 0.0852. The Morgan fingerprint density at radius 1 is 1.28 bits per heavy atom. The van der Waals surface area contributed by atoms with E-state index >= 15 is 0 Å². The Labute approximate surface area is 145 Å². The van der Waals surface area contributed by atoms with Crippen molar-refractivity contribution in [3.05, 3.63) is 48.3 Å². The monoisotopic (exact) mass is 365 g/mol. The van der Waals surface area contributed by atoms with Crippen LogP contribution in [-0.2, 0) is 26.5 Å². The zero-order valence-electron chi connectivity index (χ0n) is 14.3. The van der Waals surface area contributed by atoms with Crippen LogP contribution in [0, 0.1) is 5.82 Å². The van der Waals surface area contributed by atoms with Gasteiger partial charge in [-0.05, 0) is 23.7 Å². The number of hydrogen-bond donors (Lipinski definition) is 1. The summed E-state index contributed by atoms with van der Waals surface area (Å²) < 4.78 is 20.3. The number of rotatable bonds is 6. The van der Waals surface area contributed by atoms with Crippen LogP contribution in [0.2, 0.25) is 25.7 Å². The molecule has 2 aromatic rings. The number of ether oxygens (including phenoxy) is 1. The van der Waals surface area contributed by atoms with E-state index < -0.39 is 31.4 Å². The molecule has 134 valence electrons. The quantitative estimate of drug-likeness (QED) is 0.479. The van der Waals surface area contributed by atoms with Crippen molar-refractivity contribution in [3.63, 3.8) is 0 Å². The summed E-state index contributed by atoms with van der Waals surface area (Å²) in [6, 6.07) is 5.95. The van der Waals surface area contributed by atoms with E-state index in [0.29, 0.717) is 11.6 Å². The van der Waals surface area contributed by atoms with Crippen LogP contribution in [0.4, 0.5) is 4.39 Å². The third-order valence-corrected chi connectivity index (χ3v) is 5.16. The predicted octanol–water partition coefficient (Wildman–Crippen LogP) is 2.28. The number of carbonyl (C=O) groups excluding carboxylic acids is 1. The van der Waals surface area contributed by atoms with Crippen LogP contribution in [-0.4, -0.2) is 39.9 Å². The Balaban J connectivity index is 2.55. The average molecular weight is 365 g/mol. The second-order valence-electron chi connectivity index (χ2n) is 7.03. The Morgan fingerprint density at radius 3 is 2.40 bits per heavy atom. The Kier molecular flexibility index (Phi) is 5.36. The first-order valence-corrected chi connectivity index (χ1v) is 11.4. The summed E-state index contributed by atoms with van der Waals surface area (Å²) in [5.41, 5.74) is -0.761. The van der Waals surface area contributed by atoms with E-state index in [1.807, 2.05) is 0 Å². The number of aromatic nitrogens is 3. The summed E-state index contributed by atoms with van der Waals surface area (Å²) in [5, 5.41) is 13.0. The fraction of sp³-hybridized carbons (Fsp3) is 0.375. The molecule has 9 heteroatoms. The fourth-order valence-electron chi connectivity index (χ4n) is 2.78. The lowest BCUT2D eigenvalue weighted by Gasteiger charge is -2.37. The predicted molar refractivity (Wildman–Crippen MR) is 90.0 cm³/mol. The molecule has 0 radical (unpaired) electrons. The van der Waals surface area contributed by atoms with Gasteiger partial charge in [0, 0.05) is 8.07 Å². The highest BCUT2D eigenvalue weighted by molar-refractivity contribution is 6.76. The van der Waals surface area contributed by atoms with E-state index in [0.717, 1.165) is 0 Å². The molecule has 0 amide bonds. The lowest BCUT2D eigenvalue weighted by molar-refractivity contribution is -0.175. The van der Waals surface area contributed by atoms with Crippen molar-refractivity contribution in [2.24, 2.45) is 0 Å². The van der Waals surface area contributed by atoms with Crippen LogP contribution in [0.15, 0.2) is 36.9 Å². The van der Waals surface area contributed by atoms with Gasteiger partial charge in [-0.3, -0.25) is 0 Å². The molecule has 0 aliphatic rings.